The minimum absolute atomic E-state index is 0.0736. The second-order valence-electron chi connectivity index (χ2n) is 6.13. The van der Waals surface area contributed by atoms with Crippen LogP contribution in [-0.4, -0.2) is 24.6 Å². The third-order valence-corrected chi connectivity index (χ3v) is 4.79. The van der Waals surface area contributed by atoms with E-state index >= 15 is 0 Å². The summed E-state index contributed by atoms with van der Waals surface area (Å²) in [6, 6.07) is 20.1. The molecule has 0 heterocycles. The number of benzene rings is 2. The Labute approximate surface area is 137 Å². The SMILES string of the molecule is CC(OC1C(=C=O)C1(C)N(C)c1ccccc1)c1ccccc1. The fourth-order valence-corrected chi connectivity index (χ4v) is 3.03. The van der Waals surface area contributed by atoms with Gasteiger partial charge in [0.2, 0.25) is 0 Å². The quantitative estimate of drug-likeness (QED) is 0.787. The summed E-state index contributed by atoms with van der Waals surface area (Å²) in [6.45, 7) is 4.04. The molecule has 23 heavy (non-hydrogen) atoms. The van der Waals surface area contributed by atoms with Crippen LogP contribution in [0, 0.1) is 0 Å². The summed E-state index contributed by atoms with van der Waals surface area (Å²) in [5, 5.41) is 0. The van der Waals surface area contributed by atoms with Crippen LogP contribution in [-0.2, 0) is 9.53 Å². The van der Waals surface area contributed by atoms with E-state index in [1.165, 1.54) is 0 Å². The van der Waals surface area contributed by atoms with Gasteiger partial charge in [-0.05, 0) is 31.5 Å². The Morgan fingerprint density at radius 3 is 2.22 bits per heavy atom. The van der Waals surface area contributed by atoms with Crippen LogP contribution < -0.4 is 4.90 Å². The molecule has 2 aromatic carbocycles. The van der Waals surface area contributed by atoms with Crippen LogP contribution in [0.3, 0.4) is 0 Å². The molecule has 0 N–H and O–H groups in total. The number of likely N-dealkylation sites (N-methyl/N-ethyl adjacent to an activating group) is 1. The standard InChI is InChI=1S/C20H21NO2/c1-15(16-10-6-4-7-11-16)23-19-18(14-22)20(19,2)21(3)17-12-8-5-9-13-17/h4-13,15,19H,1-3H3. The van der Waals surface area contributed by atoms with Gasteiger partial charge in [0.25, 0.3) is 0 Å². The number of para-hydroxylation sites is 1. The highest BCUT2D eigenvalue weighted by Crippen LogP contribution is 2.51. The van der Waals surface area contributed by atoms with Crippen molar-refractivity contribution in [3.63, 3.8) is 0 Å². The zero-order chi connectivity index (χ0) is 16.4. The fraction of sp³-hybridized carbons (Fsp3) is 0.300. The molecule has 0 aliphatic heterocycles. The van der Waals surface area contributed by atoms with Gasteiger partial charge in [0.1, 0.15) is 17.6 Å². The maximum absolute atomic E-state index is 11.4. The summed E-state index contributed by atoms with van der Waals surface area (Å²) in [5.41, 5.74) is 2.40. The van der Waals surface area contributed by atoms with Gasteiger partial charge in [0.05, 0.1) is 11.7 Å². The molecule has 118 valence electrons. The van der Waals surface area contributed by atoms with Crippen molar-refractivity contribution in [2.24, 2.45) is 0 Å². The summed E-state index contributed by atoms with van der Waals surface area (Å²) in [7, 11) is 1.99. The van der Waals surface area contributed by atoms with Gasteiger partial charge in [-0.25, -0.2) is 4.79 Å². The largest absolute Gasteiger partial charge is 0.363 e. The second-order valence-corrected chi connectivity index (χ2v) is 6.13. The van der Waals surface area contributed by atoms with E-state index in [1.54, 1.807) is 0 Å². The van der Waals surface area contributed by atoms with Gasteiger partial charge in [0.15, 0.2) is 0 Å². The van der Waals surface area contributed by atoms with Crippen LogP contribution in [0.1, 0.15) is 25.5 Å². The van der Waals surface area contributed by atoms with E-state index in [-0.39, 0.29) is 12.2 Å². The summed E-state index contributed by atoms with van der Waals surface area (Å²) in [4.78, 5) is 13.5. The lowest BCUT2D eigenvalue weighted by atomic mass is 10.1. The third kappa shape index (κ3) is 2.70. The lowest BCUT2D eigenvalue weighted by Crippen LogP contribution is -2.35. The van der Waals surface area contributed by atoms with E-state index < -0.39 is 5.54 Å². The van der Waals surface area contributed by atoms with Crippen molar-refractivity contribution < 1.29 is 9.53 Å². The van der Waals surface area contributed by atoms with Crippen LogP contribution in [0.4, 0.5) is 5.69 Å². The first-order chi connectivity index (χ1) is 11.1. The number of anilines is 1. The highest BCUT2D eigenvalue weighted by molar-refractivity contribution is 5.75. The van der Waals surface area contributed by atoms with Crippen molar-refractivity contribution in [3.05, 3.63) is 71.8 Å². The monoisotopic (exact) mass is 307 g/mol. The topological polar surface area (TPSA) is 29.5 Å². The van der Waals surface area contributed by atoms with Crippen LogP contribution in [0.15, 0.2) is 66.2 Å². The average Bonchev–Trinajstić information content (AvgIpc) is 3.19. The first-order valence-electron chi connectivity index (χ1n) is 7.83. The average molecular weight is 307 g/mol. The minimum atomic E-state index is -0.438. The molecule has 0 saturated heterocycles. The van der Waals surface area contributed by atoms with Crippen LogP contribution >= 0.6 is 0 Å². The number of hydrogen-bond donors (Lipinski definition) is 0. The minimum Gasteiger partial charge on any atom is -0.363 e. The van der Waals surface area contributed by atoms with Crippen molar-refractivity contribution >= 4 is 11.6 Å². The van der Waals surface area contributed by atoms with Crippen molar-refractivity contribution in [1.82, 2.24) is 0 Å². The molecule has 1 aliphatic rings. The van der Waals surface area contributed by atoms with Crippen molar-refractivity contribution in [1.29, 1.82) is 0 Å². The molecule has 2 aromatic rings. The molecule has 3 unspecified atom stereocenters. The van der Waals surface area contributed by atoms with Crippen LogP contribution in [0.25, 0.3) is 0 Å². The molecule has 0 aromatic heterocycles. The van der Waals surface area contributed by atoms with Gasteiger partial charge in [-0.2, -0.15) is 0 Å². The molecule has 3 heteroatoms. The van der Waals surface area contributed by atoms with Gasteiger partial charge < -0.3 is 9.64 Å². The highest BCUT2D eigenvalue weighted by atomic mass is 16.5. The molecule has 0 spiro atoms. The molecule has 1 saturated carbocycles. The van der Waals surface area contributed by atoms with E-state index in [0.717, 1.165) is 11.3 Å². The summed E-state index contributed by atoms with van der Waals surface area (Å²) in [6.07, 6.45) is -0.309. The Morgan fingerprint density at radius 1 is 1.09 bits per heavy atom. The van der Waals surface area contributed by atoms with E-state index in [2.05, 4.69) is 10.8 Å². The van der Waals surface area contributed by atoms with Crippen LogP contribution in [0.5, 0.6) is 0 Å². The number of nitrogens with zero attached hydrogens (tertiary/aromatic N) is 1. The predicted octanol–water partition coefficient (Wildman–Crippen LogP) is 3.80. The molecule has 0 radical (unpaired) electrons. The number of hydrogen-bond acceptors (Lipinski definition) is 3. The zero-order valence-corrected chi connectivity index (χ0v) is 13.7. The Balaban J connectivity index is 1.80. The Hall–Kier alpha value is -2.35. The lowest BCUT2D eigenvalue weighted by molar-refractivity contribution is 0.0455. The Bertz CT molecular complexity index is 722. The Kier molecular flexibility index (Phi) is 4.08. The second kappa shape index (κ2) is 6.04. The van der Waals surface area contributed by atoms with E-state index in [1.807, 2.05) is 81.6 Å². The fourth-order valence-electron chi connectivity index (χ4n) is 3.03. The van der Waals surface area contributed by atoms with Crippen LogP contribution in [0.2, 0.25) is 0 Å². The first kappa shape index (κ1) is 15.5. The van der Waals surface area contributed by atoms with E-state index in [0.29, 0.717) is 5.57 Å². The predicted molar refractivity (Wildman–Crippen MR) is 92.2 cm³/mol. The molecule has 3 atom stereocenters. The highest BCUT2D eigenvalue weighted by Gasteiger charge is 2.63. The summed E-state index contributed by atoms with van der Waals surface area (Å²) in [5.74, 6) is 2.09. The van der Waals surface area contributed by atoms with Gasteiger partial charge in [0, 0.05) is 12.7 Å². The van der Waals surface area contributed by atoms with E-state index in [4.69, 9.17) is 4.74 Å². The molecule has 3 rings (SSSR count). The summed E-state index contributed by atoms with van der Waals surface area (Å²) < 4.78 is 6.17. The van der Waals surface area contributed by atoms with Gasteiger partial charge in [-0.1, -0.05) is 48.5 Å². The Morgan fingerprint density at radius 2 is 1.65 bits per heavy atom. The number of carbonyl (C=O) groups excluding carboxylic acids is 1. The molecular formula is C20H21NO2. The zero-order valence-electron chi connectivity index (χ0n) is 13.7. The van der Waals surface area contributed by atoms with Crippen molar-refractivity contribution in [2.75, 3.05) is 11.9 Å². The maximum atomic E-state index is 11.4. The number of ether oxygens (including phenoxy) is 1. The lowest BCUT2D eigenvalue weighted by Gasteiger charge is -2.27. The third-order valence-electron chi connectivity index (χ3n) is 4.79. The molecule has 1 fully saturated rings. The number of rotatable bonds is 5. The summed E-state index contributed by atoms with van der Waals surface area (Å²) >= 11 is 0. The van der Waals surface area contributed by atoms with Crippen molar-refractivity contribution in [3.8, 4) is 0 Å². The first-order valence-corrected chi connectivity index (χ1v) is 7.83. The maximum Gasteiger partial charge on any atom is 0.128 e. The smallest absolute Gasteiger partial charge is 0.128 e. The molecule has 1 aliphatic carbocycles. The van der Waals surface area contributed by atoms with Crippen molar-refractivity contribution in [2.45, 2.75) is 31.6 Å². The molecule has 3 nitrogen and oxygen atoms in total. The van der Waals surface area contributed by atoms with E-state index in [9.17, 15) is 4.79 Å². The van der Waals surface area contributed by atoms with Gasteiger partial charge in [-0.3, -0.25) is 0 Å². The molecule has 0 bridgehead atoms. The van der Waals surface area contributed by atoms with Gasteiger partial charge in [-0.15, -0.1) is 0 Å². The molecule has 0 amide bonds. The van der Waals surface area contributed by atoms with Gasteiger partial charge >= 0.3 is 0 Å². The molecular weight excluding hydrogens is 286 g/mol. The normalized spacial score (nSPS) is 24.0.